The maximum Gasteiger partial charge on any atom is 0.256 e. The van der Waals surface area contributed by atoms with Crippen LogP contribution >= 0.6 is 35.0 Å². The van der Waals surface area contributed by atoms with Crippen LogP contribution in [0.4, 0.5) is 0 Å². The number of hydrogen-bond acceptors (Lipinski definition) is 4. The highest BCUT2D eigenvalue weighted by atomic mass is 35.5. The Morgan fingerprint density at radius 2 is 1.62 bits per heavy atom. The van der Waals surface area contributed by atoms with E-state index < -0.39 is 0 Å². The summed E-state index contributed by atoms with van der Waals surface area (Å²) in [5.41, 5.74) is 1.59. The van der Waals surface area contributed by atoms with Gasteiger partial charge in [-0.25, -0.2) is 0 Å². The minimum Gasteiger partial charge on any atom is -0.349 e. The van der Waals surface area contributed by atoms with Crippen LogP contribution in [0.5, 0.6) is 0 Å². The quantitative estimate of drug-likeness (QED) is 0.393. The fourth-order valence-electron chi connectivity index (χ4n) is 6.27. The monoisotopic (exact) mass is 559 g/mol. The molecule has 3 atom stereocenters. The van der Waals surface area contributed by atoms with Crippen molar-refractivity contribution in [1.82, 2.24) is 15.1 Å². The van der Waals surface area contributed by atoms with Gasteiger partial charge in [-0.3, -0.25) is 9.59 Å². The van der Waals surface area contributed by atoms with E-state index in [0.29, 0.717) is 27.4 Å². The molecule has 37 heavy (non-hydrogen) atoms. The largest absolute Gasteiger partial charge is 0.349 e. The Kier molecular flexibility index (Phi) is 8.70. The first-order valence-electron chi connectivity index (χ1n) is 13.3. The van der Waals surface area contributed by atoms with E-state index in [0.717, 1.165) is 69.7 Å². The summed E-state index contributed by atoms with van der Waals surface area (Å²) in [5.74, 6) is 1.22. The van der Waals surface area contributed by atoms with E-state index in [9.17, 15) is 9.59 Å². The Bertz CT molecular complexity index is 1090. The molecule has 3 aliphatic rings. The van der Waals surface area contributed by atoms with E-state index in [-0.39, 0.29) is 23.8 Å². The van der Waals surface area contributed by atoms with Crippen LogP contribution in [0.3, 0.4) is 0 Å². The second kappa shape index (κ2) is 12.0. The summed E-state index contributed by atoms with van der Waals surface area (Å²) < 4.78 is 0. The summed E-state index contributed by atoms with van der Waals surface area (Å²) in [6.45, 7) is 4.34. The molecule has 2 saturated heterocycles. The molecule has 198 valence electrons. The number of hydrogen-bond donors (Lipinski definition) is 1. The fraction of sp³-hybridized carbons (Fsp3) is 0.517. The Morgan fingerprint density at radius 1 is 1.00 bits per heavy atom. The van der Waals surface area contributed by atoms with E-state index in [1.165, 1.54) is 5.56 Å². The van der Waals surface area contributed by atoms with Crippen molar-refractivity contribution < 1.29 is 9.59 Å². The molecule has 2 amide bonds. The SMILES string of the molecule is CSc1cc(Cl)c(C(=O)N2CC3CN(CC[C@H](NC(=O)C4CCCC4)c4ccccc4)CC3C2)c(Cl)c1. The first kappa shape index (κ1) is 26.9. The Morgan fingerprint density at radius 3 is 2.22 bits per heavy atom. The van der Waals surface area contributed by atoms with Crippen LogP contribution in [0, 0.1) is 17.8 Å². The zero-order valence-electron chi connectivity index (χ0n) is 21.3. The zero-order valence-corrected chi connectivity index (χ0v) is 23.6. The molecule has 2 aromatic rings. The van der Waals surface area contributed by atoms with Crippen molar-refractivity contribution in [3.8, 4) is 0 Å². The smallest absolute Gasteiger partial charge is 0.256 e. The topological polar surface area (TPSA) is 52.7 Å². The number of carbonyl (C=O) groups is 2. The normalized spacial score (nSPS) is 22.8. The second-order valence-electron chi connectivity index (χ2n) is 10.7. The van der Waals surface area contributed by atoms with Gasteiger partial charge in [-0.15, -0.1) is 11.8 Å². The summed E-state index contributed by atoms with van der Waals surface area (Å²) in [6.07, 6.45) is 7.18. The van der Waals surface area contributed by atoms with Gasteiger partial charge in [0.25, 0.3) is 5.91 Å². The van der Waals surface area contributed by atoms with Gasteiger partial charge >= 0.3 is 0 Å². The highest BCUT2D eigenvalue weighted by Crippen LogP contribution is 2.36. The van der Waals surface area contributed by atoms with Gasteiger partial charge in [0.1, 0.15) is 0 Å². The van der Waals surface area contributed by atoms with Crippen molar-refractivity contribution in [2.75, 3.05) is 39.0 Å². The van der Waals surface area contributed by atoms with Gasteiger partial charge < -0.3 is 15.1 Å². The van der Waals surface area contributed by atoms with Crippen molar-refractivity contribution in [2.45, 2.75) is 43.0 Å². The average molecular weight is 561 g/mol. The first-order chi connectivity index (χ1) is 17.9. The number of halogens is 2. The second-order valence-corrected chi connectivity index (χ2v) is 12.4. The van der Waals surface area contributed by atoms with Crippen molar-refractivity contribution in [1.29, 1.82) is 0 Å². The number of benzene rings is 2. The molecule has 3 fully saturated rings. The first-order valence-corrected chi connectivity index (χ1v) is 15.3. The lowest BCUT2D eigenvalue weighted by Crippen LogP contribution is -2.36. The van der Waals surface area contributed by atoms with Crippen LogP contribution in [0.2, 0.25) is 10.0 Å². The molecule has 2 unspecified atom stereocenters. The molecule has 8 heteroatoms. The molecule has 1 N–H and O–H groups in total. The third-order valence-electron chi connectivity index (χ3n) is 8.29. The molecule has 5 nitrogen and oxygen atoms in total. The summed E-state index contributed by atoms with van der Waals surface area (Å²) >= 11 is 14.4. The highest BCUT2D eigenvalue weighted by molar-refractivity contribution is 7.98. The molecular formula is C29H35Cl2N3O2S. The van der Waals surface area contributed by atoms with Gasteiger partial charge in [-0.05, 0) is 55.1 Å². The van der Waals surface area contributed by atoms with E-state index in [2.05, 4.69) is 22.3 Å². The molecule has 5 rings (SSSR count). The predicted octanol–water partition coefficient (Wildman–Crippen LogP) is 6.16. The Balaban J connectivity index is 1.17. The number of fused-ring (bicyclic) bond motifs is 1. The number of nitrogens with zero attached hydrogens (tertiary/aromatic N) is 2. The van der Waals surface area contributed by atoms with Crippen molar-refractivity contribution in [2.24, 2.45) is 17.8 Å². The van der Waals surface area contributed by atoms with Gasteiger partial charge in [0.2, 0.25) is 5.91 Å². The van der Waals surface area contributed by atoms with Crippen LogP contribution < -0.4 is 5.32 Å². The average Bonchev–Trinajstić information content (AvgIpc) is 3.63. The van der Waals surface area contributed by atoms with E-state index >= 15 is 0 Å². The zero-order chi connectivity index (χ0) is 25.9. The van der Waals surface area contributed by atoms with Crippen LogP contribution in [-0.4, -0.2) is 60.6 Å². The number of amides is 2. The van der Waals surface area contributed by atoms with E-state index in [1.54, 1.807) is 11.8 Å². The van der Waals surface area contributed by atoms with Gasteiger partial charge in [-0.1, -0.05) is 66.4 Å². The lowest BCUT2D eigenvalue weighted by Gasteiger charge is -2.26. The van der Waals surface area contributed by atoms with E-state index in [4.69, 9.17) is 23.2 Å². The lowest BCUT2D eigenvalue weighted by atomic mass is 10.0. The highest BCUT2D eigenvalue weighted by Gasteiger charge is 2.42. The minimum absolute atomic E-state index is 0.0290. The minimum atomic E-state index is -0.0673. The van der Waals surface area contributed by atoms with Crippen molar-refractivity contribution in [3.05, 3.63) is 63.6 Å². The molecule has 0 aromatic heterocycles. The maximum absolute atomic E-state index is 13.3. The molecule has 0 radical (unpaired) electrons. The molecule has 1 aliphatic carbocycles. The third kappa shape index (κ3) is 6.13. The van der Waals surface area contributed by atoms with Gasteiger partial charge in [0.05, 0.1) is 21.7 Å². The van der Waals surface area contributed by atoms with Gasteiger partial charge in [0.15, 0.2) is 0 Å². The molecule has 2 heterocycles. The lowest BCUT2D eigenvalue weighted by molar-refractivity contribution is -0.125. The van der Waals surface area contributed by atoms with Crippen molar-refractivity contribution in [3.63, 3.8) is 0 Å². The molecular weight excluding hydrogens is 525 g/mol. The van der Waals surface area contributed by atoms with Crippen LogP contribution in [0.1, 0.15) is 54.1 Å². The maximum atomic E-state index is 13.3. The fourth-order valence-corrected chi connectivity index (χ4v) is 7.52. The van der Waals surface area contributed by atoms with Crippen molar-refractivity contribution >= 4 is 46.8 Å². The standard InChI is InChI=1S/C29H35Cl2N3O2S/c1-37-23-13-24(30)27(25(31)14-23)29(36)34-17-21-15-33(16-22(21)18-34)12-11-26(19-7-3-2-4-8-19)32-28(35)20-9-5-6-10-20/h2-4,7-8,13-14,20-22,26H,5-6,9-12,15-18H2,1H3,(H,32,35)/t21?,22?,26-/m0/s1. The molecule has 1 saturated carbocycles. The number of carbonyl (C=O) groups excluding carboxylic acids is 2. The van der Waals surface area contributed by atoms with Crippen LogP contribution in [-0.2, 0) is 4.79 Å². The van der Waals surface area contributed by atoms with Gasteiger partial charge in [-0.2, -0.15) is 0 Å². The third-order valence-corrected chi connectivity index (χ3v) is 9.60. The van der Waals surface area contributed by atoms with Gasteiger partial charge in [0, 0.05) is 43.5 Å². The number of rotatable bonds is 8. The Labute approximate surface area is 234 Å². The summed E-state index contributed by atoms with van der Waals surface area (Å²) in [5, 5.41) is 4.21. The predicted molar refractivity (Wildman–Crippen MR) is 151 cm³/mol. The number of likely N-dealkylation sites (tertiary alicyclic amines) is 2. The summed E-state index contributed by atoms with van der Waals surface area (Å²) in [7, 11) is 0. The molecule has 2 aliphatic heterocycles. The Hall–Kier alpha value is -1.73. The van der Waals surface area contributed by atoms with Crippen LogP contribution in [0.25, 0.3) is 0 Å². The number of nitrogens with one attached hydrogen (secondary N) is 1. The number of thioether (sulfide) groups is 1. The summed E-state index contributed by atoms with van der Waals surface area (Å²) in [4.78, 5) is 31.6. The summed E-state index contributed by atoms with van der Waals surface area (Å²) in [6, 6.07) is 14.0. The molecule has 0 spiro atoms. The van der Waals surface area contributed by atoms with Crippen LogP contribution in [0.15, 0.2) is 47.4 Å². The molecule has 2 aromatic carbocycles. The molecule has 0 bridgehead atoms. The van der Waals surface area contributed by atoms with E-state index in [1.807, 2.05) is 41.5 Å².